The van der Waals surface area contributed by atoms with Gasteiger partial charge in [0, 0.05) is 18.2 Å². The third-order valence-electron chi connectivity index (χ3n) is 4.46. The minimum absolute atomic E-state index is 0.151. The van der Waals surface area contributed by atoms with Gasteiger partial charge in [-0.3, -0.25) is 4.68 Å². The maximum Gasteiger partial charge on any atom is 0.394 e. The summed E-state index contributed by atoms with van der Waals surface area (Å²) in [5.74, 6) is 0.524. The number of nitrogens with zero attached hydrogens (tertiary/aromatic N) is 2. The van der Waals surface area contributed by atoms with Gasteiger partial charge in [0.2, 0.25) is 0 Å². The molecule has 2 aromatic rings. The molecule has 1 aliphatic rings. The van der Waals surface area contributed by atoms with Gasteiger partial charge in [-0.1, -0.05) is 13.8 Å². The summed E-state index contributed by atoms with van der Waals surface area (Å²) in [5, 5.41) is 8.21. The summed E-state index contributed by atoms with van der Waals surface area (Å²) in [6.45, 7) is 7.08. The third-order valence-corrected chi connectivity index (χ3v) is 4.46. The van der Waals surface area contributed by atoms with Gasteiger partial charge in [0.05, 0.1) is 11.7 Å². The van der Waals surface area contributed by atoms with Crippen LogP contribution in [0.4, 0.5) is 8.78 Å². The molecule has 0 aliphatic carbocycles. The van der Waals surface area contributed by atoms with Crippen LogP contribution < -0.4 is 10.1 Å². The fraction of sp³-hybridized carbons (Fsp3) is 0.526. The lowest BCUT2D eigenvalue weighted by Crippen LogP contribution is -2.30. The van der Waals surface area contributed by atoms with Crippen molar-refractivity contribution in [1.82, 2.24) is 15.1 Å². The second kappa shape index (κ2) is 7.12. The summed E-state index contributed by atoms with van der Waals surface area (Å²) in [6, 6.07) is 9.20. The molecule has 1 saturated heterocycles. The molecule has 136 valence electrons. The van der Waals surface area contributed by atoms with Crippen molar-refractivity contribution in [3.05, 3.63) is 36.0 Å². The first kappa shape index (κ1) is 17.9. The molecule has 2 heterocycles. The number of halogens is 2. The van der Waals surface area contributed by atoms with E-state index >= 15 is 0 Å². The normalized spacial score (nSPS) is 16.4. The van der Waals surface area contributed by atoms with Crippen molar-refractivity contribution >= 4 is 0 Å². The van der Waals surface area contributed by atoms with E-state index in [0.29, 0.717) is 12.0 Å². The molecule has 25 heavy (non-hydrogen) atoms. The monoisotopic (exact) mass is 349 g/mol. The smallest absolute Gasteiger partial charge is 0.394 e. The molecule has 1 N–H and O–H groups in total. The van der Waals surface area contributed by atoms with E-state index in [1.165, 1.54) is 5.69 Å². The summed E-state index contributed by atoms with van der Waals surface area (Å²) in [6.07, 6.45) is -1.04. The summed E-state index contributed by atoms with van der Waals surface area (Å²) < 4.78 is 32.6. The molecule has 3 rings (SSSR count). The van der Waals surface area contributed by atoms with Crippen molar-refractivity contribution in [3.63, 3.8) is 0 Å². The lowest BCUT2D eigenvalue weighted by atomic mass is 10.0. The number of piperidine rings is 1. The van der Waals surface area contributed by atoms with Crippen LogP contribution in [0.25, 0.3) is 11.3 Å². The first-order valence-electron chi connectivity index (χ1n) is 8.81. The van der Waals surface area contributed by atoms with Crippen LogP contribution in [-0.4, -0.2) is 29.0 Å². The van der Waals surface area contributed by atoms with Crippen LogP contribution in [0.5, 0.6) is 5.75 Å². The Morgan fingerprint density at radius 3 is 2.40 bits per heavy atom. The Kier molecular flexibility index (Phi) is 5.08. The quantitative estimate of drug-likeness (QED) is 0.858. The fourth-order valence-electron chi connectivity index (χ4n) is 3.23. The number of hydrogen-bond acceptors (Lipinski definition) is 3. The first-order chi connectivity index (χ1) is 11.8. The maximum atomic E-state index is 12.9. The second-order valence-electron chi connectivity index (χ2n) is 6.97. The molecule has 0 atom stereocenters. The SMILES string of the molecule is CC(C)c1cc(-c2ccc(OC(C)(F)F)cc2)nn1C1CCNCC1. The van der Waals surface area contributed by atoms with Crippen LogP contribution in [0.15, 0.2) is 30.3 Å². The highest BCUT2D eigenvalue weighted by atomic mass is 19.3. The van der Waals surface area contributed by atoms with Crippen LogP contribution in [0.3, 0.4) is 0 Å². The highest BCUT2D eigenvalue weighted by Crippen LogP contribution is 2.30. The van der Waals surface area contributed by atoms with Crippen molar-refractivity contribution < 1.29 is 13.5 Å². The molecule has 0 spiro atoms. The van der Waals surface area contributed by atoms with E-state index in [9.17, 15) is 8.78 Å². The van der Waals surface area contributed by atoms with E-state index < -0.39 is 6.11 Å². The third kappa shape index (κ3) is 4.37. The average Bonchev–Trinajstić information content (AvgIpc) is 3.00. The van der Waals surface area contributed by atoms with E-state index in [1.54, 1.807) is 24.3 Å². The fourth-order valence-corrected chi connectivity index (χ4v) is 3.23. The molecule has 0 bridgehead atoms. The van der Waals surface area contributed by atoms with Gasteiger partial charge in [-0.25, -0.2) is 0 Å². The molecule has 1 aliphatic heterocycles. The zero-order chi connectivity index (χ0) is 18.0. The van der Waals surface area contributed by atoms with Gasteiger partial charge in [0.25, 0.3) is 0 Å². The lowest BCUT2D eigenvalue weighted by molar-refractivity contribution is -0.158. The second-order valence-corrected chi connectivity index (χ2v) is 6.97. The molecular weight excluding hydrogens is 324 g/mol. The first-order valence-corrected chi connectivity index (χ1v) is 8.81. The molecule has 0 radical (unpaired) electrons. The Bertz CT molecular complexity index is 698. The maximum absolute atomic E-state index is 12.9. The number of ether oxygens (including phenoxy) is 1. The number of rotatable bonds is 5. The molecule has 0 unspecified atom stereocenters. The van der Waals surface area contributed by atoms with Gasteiger partial charge in [-0.05, 0) is 62.2 Å². The highest BCUT2D eigenvalue weighted by Gasteiger charge is 2.24. The van der Waals surface area contributed by atoms with Crippen LogP contribution in [0, 0.1) is 0 Å². The van der Waals surface area contributed by atoms with Gasteiger partial charge in [-0.2, -0.15) is 13.9 Å². The Hall–Kier alpha value is -1.95. The molecule has 1 fully saturated rings. The molecule has 4 nitrogen and oxygen atoms in total. The molecule has 6 heteroatoms. The topological polar surface area (TPSA) is 39.1 Å². The van der Waals surface area contributed by atoms with E-state index in [4.69, 9.17) is 5.10 Å². The standard InChI is InChI=1S/C19H25F2N3O/c1-13(2)18-12-17(23-24(18)15-8-10-22-11-9-15)14-4-6-16(7-5-14)25-19(3,20)21/h4-7,12-13,15,22H,8-11H2,1-3H3. The number of aromatic nitrogens is 2. The Labute approximate surface area is 147 Å². The summed E-state index contributed by atoms with van der Waals surface area (Å²) in [5.41, 5.74) is 2.99. The van der Waals surface area contributed by atoms with E-state index in [-0.39, 0.29) is 5.75 Å². The van der Waals surface area contributed by atoms with Gasteiger partial charge < -0.3 is 10.1 Å². The van der Waals surface area contributed by atoms with Crippen LogP contribution in [-0.2, 0) is 0 Å². The molecule has 1 aromatic heterocycles. The Morgan fingerprint density at radius 2 is 1.84 bits per heavy atom. The van der Waals surface area contributed by atoms with Crippen molar-refractivity contribution in [2.75, 3.05) is 13.1 Å². The summed E-state index contributed by atoms with van der Waals surface area (Å²) in [4.78, 5) is 0. The van der Waals surface area contributed by atoms with Gasteiger partial charge in [0.15, 0.2) is 0 Å². The van der Waals surface area contributed by atoms with Crippen molar-refractivity contribution in [2.24, 2.45) is 0 Å². The van der Waals surface area contributed by atoms with Crippen molar-refractivity contribution in [2.45, 2.75) is 51.7 Å². The number of alkyl halides is 2. The van der Waals surface area contributed by atoms with Gasteiger partial charge in [0.1, 0.15) is 5.75 Å². The molecule has 0 amide bonds. The van der Waals surface area contributed by atoms with Crippen LogP contribution in [0.1, 0.15) is 51.3 Å². The largest absolute Gasteiger partial charge is 0.433 e. The van der Waals surface area contributed by atoms with Crippen LogP contribution in [0.2, 0.25) is 0 Å². The number of nitrogens with one attached hydrogen (secondary N) is 1. The molecule has 0 saturated carbocycles. The predicted molar refractivity (Wildman–Crippen MR) is 94.1 cm³/mol. The average molecular weight is 349 g/mol. The molecule has 1 aromatic carbocycles. The zero-order valence-corrected chi connectivity index (χ0v) is 14.9. The Balaban J connectivity index is 1.87. The van der Waals surface area contributed by atoms with Gasteiger partial charge >= 0.3 is 6.11 Å². The minimum Gasteiger partial charge on any atom is -0.433 e. The predicted octanol–water partition coefficient (Wildman–Crippen LogP) is 4.59. The van der Waals surface area contributed by atoms with Crippen molar-refractivity contribution in [1.29, 1.82) is 0 Å². The Morgan fingerprint density at radius 1 is 1.20 bits per heavy atom. The summed E-state index contributed by atoms with van der Waals surface area (Å²) >= 11 is 0. The van der Waals surface area contributed by atoms with E-state index in [0.717, 1.165) is 44.1 Å². The summed E-state index contributed by atoms with van der Waals surface area (Å²) in [7, 11) is 0. The minimum atomic E-state index is -3.18. The van der Waals surface area contributed by atoms with E-state index in [2.05, 4.69) is 34.6 Å². The molecular formula is C19H25F2N3O. The number of hydrogen-bond donors (Lipinski definition) is 1. The number of benzene rings is 1. The lowest BCUT2D eigenvalue weighted by Gasteiger charge is -2.25. The van der Waals surface area contributed by atoms with Crippen LogP contribution >= 0.6 is 0 Å². The van der Waals surface area contributed by atoms with Crippen molar-refractivity contribution in [3.8, 4) is 17.0 Å². The van der Waals surface area contributed by atoms with E-state index in [1.807, 2.05) is 0 Å². The van der Waals surface area contributed by atoms with Gasteiger partial charge in [-0.15, -0.1) is 0 Å². The zero-order valence-electron chi connectivity index (χ0n) is 14.9. The highest BCUT2D eigenvalue weighted by molar-refractivity contribution is 5.60.